The van der Waals surface area contributed by atoms with Crippen LogP contribution in [-0.2, 0) is 9.53 Å². The second-order valence-corrected chi connectivity index (χ2v) is 5.58. The molecule has 4 rings (SSSR count). The zero-order chi connectivity index (χ0) is 15.6. The molecule has 0 bridgehead atoms. The predicted molar refractivity (Wildman–Crippen MR) is 81.7 cm³/mol. The minimum absolute atomic E-state index is 0.188. The second-order valence-electron chi connectivity index (χ2n) is 5.58. The molecule has 0 saturated carbocycles. The van der Waals surface area contributed by atoms with Gasteiger partial charge in [0.2, 0.25) is 6.10 Å². The molecule has 2 aromatic rings. The molecule has 0 spiro atoms. The number of hydrogen-bond acceptors (Lipinski definition) is 5. The Kier molecular flexibility index (Phi) is 3.63. The van der Waals surface area contributed by atoms with E-state index < -0.39 is 6.10 Å². The summed E-state index contributed by atoms with van der Waals surface area (Å²) in [5.74, 6) is 0.991. The van der Waals surface area contributed by atoms with Gasteiger partial charge in [-0.3, -0.25) is 9.48 Å². The van der Waals surface area contributed by atoms with Crippen molar-refractivity contribution in [3.05, 3.63) is 36.7 Å². The minimum Gasteiger partial charge on any atom is -0.485 e. The van der Waals surface area contributed by atoms with Crippen molar-refractivity contribution in [2.45, 2.75) is 18.6 Å². The molecular weight excluding hydrogens is 298 g/mol. The van der Waals surface area contributed by atoms with E-state index in [1.54, 1.807) is 12.3 Å². The van der Waals surface area contributed by atoms with Gasteiger partial charge in [0.25, 0.3) is 5.91 Å². The first kappa shape index (κ1) is 14.1. The third-order valence-electron chi connectivity index (χ3n) is 3.95. The summed E-state index contributed by atoms with van der Waals surface area (Å²) < 4.78 is 18.4. The molecule has 1 fully saturated rings. The lowest BCUT2D eigenvalue weighted by molar-refractivity contribution is -0.125. The molecule has 1 aromatic heterocycles. The smallest absolute Gasteiger partial charge is 0.269 e. The Morgan fingerprint density at radius 2 is 2.13 bits per heavy atom. The van der Waals surface area contributed by atoms with Crippen molar-refractivity contribution in [1.29, 1.82) is 0 Å². The van der Waals surface area contributed by atoms with Gasteiger partial charge in [0.15, 0.2) is 11.5 Å². The van der Waals surface area contributed by atoms with Gasteiger partial charge in [-0.05, 0) is 18.6 Å². The Hall–Kier alpha value is -2.54. The fourth-order valence-electron chi connectivity index (χ4n) is 2.70. The summed E-state index contributed by atoms with van der Waals surface area (Å²) >= 11 is 0. The van der Waals surface area contributed by atoms with E-state index in [2.05, 4.69) is 10.4 Å². The standard InChI is InChI=1S/C16H17N3O4/c20-16(15-10-22-13-3-1-2-4-14(13)23-15)18-11-7-17-19(8-11)12-5-6-21-9-12/h1-4,7-8,12,15H,5-6,9-10H2,(H,18,20)/t12-,15-/m1/s1. The van der Waals surface area contributed by atoms with Crippen molar-refractivity contribution < 1.29 is 19.0 Å². The molecule has 23 heavy (non-hydrogen) atoms. The first-order valence-electron chi connectivity index (χ1n) is 7.61. The average molecular weight is 315 g/mol. The fourth-order valence-corrected chi connectivity index (χ4v) is 2.70. The maximum Gasteiger partial charge on any atom is 0.269 e. The normalized spacial score (nSPS) is 22.8. The van der Waals surface area contributed by atoms with E-state index in [1.165, 1.54) is 0 Å². The Morgan fingerprint density at radius 3 is 2.96 bits per heavy atom. The van der Waals surface area contributed by atoms with Crippen molar-refractivity contribution in [2.75, 3.05) is 25.1 Å². The van der Waals surface area contributed by atoms with E-state index in [1.807, 2.05) is 29.1 Å². The number of benzene rings is 1. The van der Waals surface area contributed by atoms with Crippen molar-refractivity contribution in [3.8, 4) is 11.5 Å². The largest absolute Gasteiger partial charge is 0.485 e. The van der Waals surface area contributed by atoms with Crippen LogP contribution in [0.4, 0.5) is 5.69 Å². The van der Waals surface area contributed by atoms with E-state index in [9.17, 15) is 4.79 Å². The molecule has 7 nitrogen and oxygen atoms in total. The van der Waals surface area contributed by atoms with Crippen molar-refractivity contribution >= 4 is 11.6 Å². The van der Waals surface area contributed by atoms with Gasteiger partial charge in [0.1, 0.15) is 6.61 Å². The second kappa shape index (κ2) is 5.92. The van der Waals surface area contributed by atoms with Crippen LogP contribution in [-0.4, -0.2) is 41.6 Å². The van der Waals surface area contributed by atoms with Gasteiger partial charge in [0.05, 0.1) is 24.5 Å². The lowest BCUT2D eigenvalue weighted by Gasteiger charge is -2.25. The number of nitrogens with zero attached hydrogens (tertiary/aromatic N) is 2. The maximum atomic E-state index is 12.3. The average Bonchev–Trinajstić information content (AvgIpc) is 3.25. The Labute approximate surface area is 133 Å². The minimum atomic E-state index is -0.678. The highest BCUT2D eigenvalue weighted by molar-refractivity contribution is 5.94. The van der Waals surface area contributed by atoms with Gasteiger partial charge in [-0.25, -0.2) is 0 Å². The van der Waals surface area contributed by atoms with E-state index >= 15 is 0 Å². The summed E-state index contributed by atoms with van der Waals surface area (Å²) in [6.45, 7) is 1.59. The molecule has 2 aliphatic heterocycles. The summed E-state index contributed by atoms with van der Waals surface area (Å²) in [7, 11) is 0. The lowest BCUT2D eigenvalue weighted by Crippen LogP contribution is -2.40. The summed E-state index contributed by atoms with van der Waals surface area (Å²) in [6, 6.07) is 7.55. The van der Waals surface area contributed by atoms with Gasteiger partial charge in [-0.2, -0.15) is 5.10 Å². The van der Waals surface area contributed by atoms with E-state index in [0.717, 1.165) is 13.0 Å². The number of nitrogens with one attached hydrogen (secondary N) is 1. The summed E-state index contributed by atoms with van der Waals surface area (Å²) in [5, 5.41) is 7.10. The molecule has 1 aromatic carbocycles. The SMILES string of the molecule is O=C(Nc1cnn([C@@H]2CCOC2)c1)[C@H]1COc2ccccc2O1. The van der Waals surface area contributed by atoms with Gasteiger partial charge in [0, 0.05) is 12.8 Å². The number of para-hydroxylation sites is 2. The van der Waals surface area contributed by atoms with Crippen LogP contribution in [0.25, 0.3) is 0 Å². The molecule has 2 atom stereocenters. The maximum absolute atomic E-state index is 12.3. The summed E-state index contributed by atoms with van der Waals surface area (Å²) in [4.78, 5) is 12.3. The molecule has 1 amide bonds. The number of anilines is 1. The highest BCUT2D eigenvalue weighted by atomic mass is 16.6. The third kappa shape index (κ3) is 2.87. The molecule has 2 aliphatic rings. The van der Waals surface area contributed by atoms with E-state index in [4.69, 9.17) is 14.2 Å². The predicted octanol–water partition coefficient (Wildman–Crippen LogP) is 1.62. The van der Waals surface area contributed by atoms with Gasteiger partial charge in [-0.1, -0.05) is 12.1 Å². The van der Waals surface area contributed by atoms with Crippen LogP contribution in [0, 0.1) is 0 Å². The first-order chi connectivity index (χ1) is 11.3. The lowest BCUT2D eigenvalue weighted by atomic mass is 10.2. The highest BCUT2D eigenvalue weighted by Crippen LogP contribution is 2.31. The number of fused-ring (bicyclic) bond motifs is 1. The molecule has 0 aliphatic carbocycles. The van der Waals surface area contributed by atoms with Crippen LogP contribution in [0.2, 0.25) is 0 Å². The summed E-state index contributed by atoms with van der Waals surface area (Å²) in [5.41, 5.74) is 0.643. The van der Waals surface area contributed by atoms with Crippen molar-refractivity contribution in [1.82, 2.24) is 9.78 Å². The molecule has 1 saturated heterocycles. The Morgan fingerprint density at radius 1 is 1.26 bits per heavy atom. The van der Waals surface area contributed by atoms with Crippen molar-refractivity contribution in [2.24, 2.45) is 0 Å². The molecule has 3 heterocycles. The van der Waals surface area contributed by atoms with Crippen LogP contribution in [0.5, 0.6) is 11.5 Å². The third-order valence-corrected chi connectivity index (χ3v) is 3.95. The van der Waals surface area contributed by atoms with E-state index in [-0.39, 0.29) is 18.6 Å². The molecule has 1 N–H and O–H groups in total. The van der Waals surface area contributed by atoms with Crippen LogP contribution >= 0.6 is 0 Å². The topological polar surface area (TPSA) is 74.6 Å². The van der Waals surface area contributed by atoms with Crippen LogP contribution in [0.3, 0.4) is 0 Å². The van der Waals surface area contributed by atoms with Crippen LogP contribution in [0.1, 0.15) is 12.5 Å². The van der Waals surface area contributed by atoms with Crippen molar-refractivity contribution in [3.63, 3.8) is 0 Å². The molecule has 0 unspecified atom stereocenters. The molecular formula is C16H17N3O4. The Bertz CT molecular complexity index is 709. The van der Waals surface area contributed by atoms with Gasteiger partial charge < -0.3 is 19.5 Å². The first-order valence-corrected chi connectivity index (χ1v) is 7.61. The van der Waals surface area contributed by atoms with E-state index in [0.29, 0.717) is 23.8 Å². The number of aromatic nitrogens is 2. The monoisotopic (exact) mass is 315 g/mol. The van der Waals surface area contributed by atoms with Crippen LogP contribution in [0.15, 0.2) is 36.7 Å². The highest BCUT2D eigenvalue weighted by Gasteiger charge is 2.28. The van der Waals surface area contributed by atoms with Crippen LogP contribution < -0.4 is 14.8 Å². The quantitative estimate of drug-likeness (QED) is 0.931. The summed E-state index contributed by atoms with van der Waals surface area (Å²) in [6.07, 6.45) is 3.71. The molecule has 120 valence electrons. The number of hydrogen-bond donors (Lipinski definition) is 1. The number of rotatable bonds is 3. The van der Waals surface area contributed by atoms with Gasteiger partial charge >= 0.3 is 0 Å². The number of carbonyl (C=O) groups is 1. The Balaban J connectivity index is 1.40. The zero-order valence-corrected chi connectivity index (χ0v) is 12.5. The molecule has 0 radical (unpaired) electrons. The number of ether oxygens (including phenoxy) is 3. The number of carbonyl (C=O) groups excluding carboxylic acids is 1. The fraction of sp³-hybridized carbons (Fsp3) is 0.375. The molecule has 7 heteroatoms. The zero-order valence-electron chi connectivity index (χ0n) is 12.5. The number of amides is 1. The van der Waals surface area contributed by atoms with Gasteiger partial charge in [-0.15, -0.1) is 0 Å².